The molecule has 0 aromatic carbocycles. The van der Waals surface area contributed by atoms with Gasteiger partial charge in [0.15, 0.2) is 0 Å². The van der Waals surface area contributed by atoms with E-state index < -0.39 is 11.4 Å². The van der Waals surface area contributed by atoms with Gasteiger partial charge in [-0.15, -0.1) is 0 Å². The largest absolute Gasteiger partial charge is 0.481 e. The maximum Gasteiger partial charge on any atom is 0.313 e. The van der Waals surface area contributed by atoms with Gasteiger partial charge < -0.3 is 5.11 Å². The van der Waals surface area contributed by atoms with Crippen molar-refractivity contribution in [3.8, 4) is 0 Å². The molecule has 1 N–H and O–H groups in total. The number of hydrogen-bond donors (Lipinski definition) is 1. The van der Waals surface area contributed by atoms with Gasteiger partial charge in [-0.25, -0.2) is 0 Å². The van der Waals surface area contributed by atoms with Gasteiger partial charge in [0.25, 0.3) is 0 Å². The quantitative estimate of drug-likeness (QED) is 0.630. The first-order valence-electron chi connectivity index (χ1n) is 4.12. The second-order valence-electron chi connectivity index (χ2n) is 3.15. The minimum atomic E-state index is -0.662. The van der Waals surface area contributed by atoms with Crippen molar-refractivity contribution in [1.82, 2.24) is 0 Å². The van der Waals surface area contributed by atoms with E-state index in [9.17, 15) is 4.79 Å². The van der Waals surface area contributed by atoms with Crippen molar-refractivity contribution in [3.63, 3.8) is 0 Å². The monoisotopic (exact) mass is 154 g/mol. The van der Waals surface area contributed by atoms with Crippen LogP contribution in [0, 0.1) is 5.41 Å². The normalized spacial score (nSPS) is 20.5. The molecule has 0 saturated heterocycles. The Morgan fingerprint density at radius 1 is 1.64 bits per heavy atom. The van der Waals surface area contributed by atoms with Crippen molar-refractivity contribution < 1.29 is 9.90 Å². The molecule has 0 spiro atoms. The van der Waals surface area contributed by atoms with E-state index in [1.165, 1.54) is 0 Å². The lowest BCUT2D eigenvalue weighted by atomic mass is 10.1. The maximum atomic E-state index is 10.6. The fourth-order valence-electron chi connectivity index (χ4n) is 1.06. The van der Waals surface area contributed by atoms with E-state index in [0.29, 0.717) is 0 Å². The van der Waals surface area contributed by atoms with Crippen LogP contribution in [-0.2, 0) is 4.79 Å². The lowest BCUT2D eigenvalue weighted by molar-refractivity contribution is -0.141. The van der Waals surface area contributed by atoms with Gasteiger partial charge >= 0.3 is 5.97 Å². The molecule has 1 rings (SSSR count). The smallest absolute Gasteiger partial charge is 0.313 e. The Morgan fingerprint density at radius 3 is 2.64 bits per heavy atom. The summed E-state index contributed by atoms with van der Waals surface area (Å²) in [6.07, 6.45) is 7.58. The molecule has 0 aliphatic heterocycles. The van der Waals surface area contributed by atoms with Crippen LogP contribution in [-0.4, -0.2) is 11.1 Å². The number of carboxylic acid groups (broad SMARTS) is 1. The predicted octanol–water partition coefficient (Wildman–Crippen LogP) is 2.21. The van der Waals surface area contributed by atoms with Crippen LogP contribution >= 0.6 is 0 Å². The van der Waals surface area contributed by atoms with Crippen LogP contribution in [0.2, 0.25) is 0 Å². The number of hydrogen-bond acceptors (Lipinski definition) is 1. The number of aliphatic carboxylic acids is 1. The Hall–Kier alpha value is -0.790. The number of unbranched alkanes of at least 4 members (excludes halogenated alkanes) is 1. The minimum absolute atomic E-state index is 0.463. The fourth-order valence-corrected chi connectivity index (χ4v) is 1.06. The van der Waals surface area contributed by atoms with Crippen LogP contribution < -0.4 is 0 Å². The van der Waals surface area contributed by atoms with E-state index in [1.54, 1.807) is 0 Å². The number of carbonyl (C=O) groups is 1. The van der Waals surface area contributed by atoms with Gasteiger partial charge in [0.1, 0.15) is 0 Å². The summed E-state index contributed by atoms with van der Waals surface area (Å²) in [5.41, 5.74) is -0.463. The zero-order valence-electron chi connectivity index (χ0n) is 6.84. The zero-order valence-corrected chi connectivity index (χ0v) is 6.84. The Bertz CT molecular complexity index is 178. The molecule has 0 bridgehead atoms. The molecule has 1 saturated carbocycles. The first-order valence-corrected chi connectivity index (χ1v) is 4.12. The van der Waals surface area contributed by atoms with Gasteiger partial charge in [-0.2, -0.15) is 0 Å². The van der Waals surface area contributed by atoms with Gasteiger partial charge in [0.2, 0.25) is 0 Å². The molecule has 1 aliphatic carbocycles. The highest BCUT2D eigenvalue weighted by Crippen LogP contribution is 2.47. The van der Waals surface area contributed by atoms with Crippen molar-refractivity contribution in [1.29, 1.82) is 0 Å². The van der Waals surface area contributed by atoms with E-state index in [1.807, 2.05) is 12.2 Å². The standard InChI is InChI=1S/C9H14O2/c1-2-3-4-5-9(6-7-9)8(10)11/h4-5H,2-3,6-7H2,1H3,(H,10,11)/b5-4+. The molecule has 0 aromatic heterocycles. The summed E-state index contributed by atoms with van der Waals surface area (Å²) in [5.74, 6) is -0.662. The summed E-state index contributed by atoms with van der Waals surface area (Å²) in [4.78, 5) is 10.6. The van der Waals surface area contributed by atoms with E-state index in [2.05, 4.69) is 6.92 Å². The second-order valence-corrected chi connectivity index (χ2v) is 3.15. The van der Waals surface area contributed by atoms with Gasteiger partial charge in [-0.05, 0) is 19.3 Å². The maximum absolute atomic E-state index is 10.6. The summed E-state index contributed by atoms with van der Waals surface area (Å²) in [6.45, 7) is 2.09. The molecule has 2 heteroatoms. The van der Waals surface area contributed by atoms with Crippen LogP contribution in [0.5, 0.6) is 0 Å². The Kier molecular flexibility index (Phi) is 2.32. The first kappa shape index (κ1) is 8.31. The van der Waals surface area contributed by atoms with Crippen LogP contribution in [0.3, 0.4) is 0 Å². The van der Waals surface area contributed by atoms with Gasteiger partial charge in [-0.1, -0.05) is 25.5 Å². The third-order valence-corrected chi connectivity index (χ3v) is 2.11. The molecular weight excluding hydrogens is 140 g/mol. The Morgan fingerprint density at radius 2 is 2.27 bits per heavy atom. The molecule has 0 unspecified atom stereocenters. The molecule has 62 valence electrons. The summed E-state index contributed by atoms with van der Waals surface area (Å²) >= 11 is 0. The van der Waals surface area contributed by atoms with E-state index in [0.717, 1.165) is 25.7 Å². The summed E-state index contributed by atoms with van der Waals surface area (Å²) in [7, 11) is 0. The van der Waals surface area contributed by atoms with Crippen LogP contribution in [0.4, 0.5) is 0 Å². The van der Waals surface area contributed by atoms with Crippen molar-refractivity contribution in [2.24, 2.45) is 5.41 Å². The summed E-state index contributed by atoms with van der Waals surface area (Å²) in [6, 6.07) is 0. The van der Waals surface area contributed by atoms with E-state index in [-0.39, 0.29) is 0 Å². The van der Waals surface area contributed by atoms with Gasteiger partial charge in [-0.3, -0.25) is 4.79 Å². The van der Waals surface area contributed by atoms with Crippen LogP contribution in [0.25, 0.3) is 0 Å². The molecule has 0 aromatic rings. The first-order chi connectivity index (χ1) is 5.21. The SMILES string of the molecule is CCC/C=C/C1(C(=O)O)CC1. The summed E-state index contributed by atoms with van der Waals surface area (Å²) < 4.78 is 0. The third-order valence-electron chi connectivity index (χ3n) is 2.11. The fraction of sp³-hybridized carbons (Fsp3) is 0.667. The van der Waals surface area contributed by atoms with E-state index in [4.69, 9.17) is 5.11 Å². The molecule has 1 aliphatic rings. The van der Waals surface area contributed by atoms with Gasteiger partial charge in [0.05, 0.1) is 5.41 Å². The highest BCUT2D eigenvalue weighted by atomic mass is 16.4. The zero-order chi connectivity index (χ0) is 8.32. The predicted molar refractivity (Wildman–Crippen MR) is 43.4 cm³/mol. The number of rotatable bonds is 4. The van der Waals surface area contributed by atoms with Crippen molar-refractivity contribution in [3.05, 3.63) is 12.2 Å². The molecule has 0 heterocycles. The number of allylic oxidation sites excluding steroid dienone is 1. The average molecular weight is 154 g/mol. The molecular formula is C9H14O2. The van der Waals surface area contributed by atoms with Crippen molar-refractivity contribution in [2.45, 2.75) is 32.6 Å². The van der Waals surface area contributed by atoms with Crippen molar-refractivity contribution >= 4 is 5.97 Å². The Balaban J connectivity index is 2.41. The lowest BCUT2D eigenvalue weighted by Crippen LogP contribution is -2.10. The average Bonchev–Trinajstić information content (AvgIpc) is 2.70. The van der Waals surface area contributed by atoms with E-state index >= 15 is 0 Å². The number of carboxylic acids is 1. The highest BCUT2D eigenvalue weighted by molar-refractivity contribution is 5.80. The molecule has 0 radical (unpaired) electrons. The van der Waals surface area contributed by atoms with Crippen LogP contribution in [0.15, 0.2) is 12.2 Å². The molecule has 0 atom stereocenters. The molecule has 1 fully saturated rings. The molecule has 2 nitrogen and oxygen atoms in total. The Labute approximate surface area is 66.9 Å². The van der Waals surface area contributed by atoms with Gasteiger partial charge in [0, 0.05) is 0 Å². The second kappa shape index (κ2) is 3.07. The van der Waals surface area contributed by atoms with Crippen molar-refractivity contribution in [2.75, 3.05) is 0 Å². The molecule has 0 amide bonds. The summed E-state index contributed by atoms with van der Waals surface area (Å²) in [5, 5.41) is 8.75. The third kappa shape index (κ3) is 1.82. The minimum Gasteiger partial charge on any atom is -0.481 e. The van der Waals surface area contributed by atoms with Crippen LogP contribution in [0.1, 0.15) is 32.6 Å². The molecule has 11 heavy (non-hydrogen) atoms. The highest BCUT2D eigenvalue weighted by Gasteiger charge is 2.47. The lowest BCUT2D eigenvalue weighted by Gasteiger charge is -2.00. The topological polar surface area (TPSA) is 37.3 Å².